The Morgan fingerprint density at radius 2 is 2.04 bits per heavy atom. The molecule has 27 heavy (non-hydrogen) atoms. The zero-order valence-electron chi connectivity index (χ0n) is 15.4. The Hall–Kier alpha value is -1.87. The minimum atomic E-state index is -2.90. The van der Waals surface area contributed by atoms with Gasteiger partial charge < -0.3 is 9.30 Å². The number of nitrogens with zero attached hydrogens (tertiary/aromatic N) is 3. The topological polar surface area (TPSA) is 91.2 Å². The molecule has 2 heterocycles. The fourth-order valence-corrected chi connectivity index (χ4v) is 5.74. The molecule has 1 aromatic heterocycles. The third-order valence-corrected chi connectivity index (χ3v) is 7.40. The van der Waals surface area contributed by atoms with Gasteiger partial charge in [0.1, 0.15) is 11.6 Å². The summed E-state index contributed by atoms with van der Waals surface area (Å²) in [7, 11) is -1.05. The molecule has 0 N–H and O–H groups in total. The first-order chi connectivity index (χ1) is 12.9. The van der Waals surface area contributed by atoms with Crippen molar-refractivity contribution in [3.63, 3.8) is 0 Å². The standard InChI is InChI=1S/C18H23N3O4S2/c1-3-25-15-6-4-14(5-7-15)16(22)11-26-18-20-19-17(21(18)2)10-13-8-9-27(23,24)12-13/h4-7,13H,3,8-12H2,1-2H3/t13-/m0/s1. The lowest BCUT2D eigenvalue weighted by molar-refractivity contribution is 0.102. The van der Waals surface area contributed by atoms with Crippen LogP contribution in [0.1, 0.15) is 29.5 Å². The lowest BCUT2D eigenvalue weighted by Crippen LogP contribution is -2.11. The number of hydrogen-bond acceptors (Lipinski definition) is 7. The van der Waals surface area contributed by atoms with Gasteiger partial charge in [0.2, 0.25) is 0 Å². The number of aromatic nitrogens is 3. The fraction of sp³-hybridized carbons (Fsp3) is 0.500. The maximum absolute atomic E-state index is 12.4. The molecule has 0 saturated carbocycles. The van der Waals surface area contributed by atoms with E-state index < -0.39 is 9.84 Å². The van der Waals surface area contributed by atoms with Crippen LogP contribution in [0, 0.1) is 5.92 Å². The predicted octanol–water partition coefficient (Wildman–Crippen LogP) is 2.17. The van der Waals surface area contributed by atoms with Crippen molar-refractivity contribution in [3.8, 4) is 5.75 Å². The van der Waals surface area contributed by atoms with Crippen molar-refractivity contribution < 1.29 is 17.9 Å². The van der Waals surface area contributed by atoms with Gasteiger partial charge in [0.25, 0.3) is 0 Å². The van der Waals surface area contributed by atoms with Crippen molar-refractivity contribution in [3.05, 3.63) is 35.7 Å². The van der Waals surface area contributed by atoms with E-state index in [-0.39, 0.29) is 29.0 Å². The zero-order chi connectivity index (χ0) is 19.4. The van der Waals surface area contributed by atoms with Crippen LogP contribution >= 0.6 is 11.8 Å². The number of ketones is 1. The van der Waals surface area contributed by atoms with Gasteiger partial charge in [0, 0.05) is 19.0 Å². The third-order valence-electron chi connectivity index (χ3n) is 4.54. The number of hydrogen-bond donors (Lipinski definition) is 0. The van der Waals surface area contributed by atoms with E-state index in [2.05, 4.69) is 10.2 Å². The Balaban J connectivity index is 1.56. The first-order valence-electron chi connectivity index (χ1n) is 8.85. The average molecular weight is 410 g/mol. The molecule has 0 aliphatic carbocycles. The lowest BCUT2D eigenvalue weighted by atomic mass is 10.1. The van der Waals surface area contributed by atoms with Crippen molar-refractivity contribution in [1.82, 2.24) is 14.8 Å². The highest BCUT2D eigenvalue weighted by molar-refractivity contribution is 7.99. The second-order valence-corrected chi connectivity index (χ2v) is 9.77. The smallest absolute Gasteiger partial charge is 0.191 e. The summed E-state index contributed by atoms with van der Waals surface area (Å²) in [6.45, 7) is 2.50. The van der Waals surface area contributed by atoms with Gasteiger partial charge in [-0.1, -0.05) is 11.8 Å². The van der Waals surface area contributed by atoms with Gasteiger partial charge in [-0.3, -0.25) is 4.79 Å². The van der Waals surface area contributed by atoms with Crippen molar-refractivity contribution in [1.29, 1.82) is 0 Å². The highest BCUT2D eigenvalue weighted by Gasteiger charge is 2.29. The van der Waals surface area contributed by atoms with Crippen LogP contribution in [-0.2, 0) is 23.3 Å². The number of rotatable bonds is 8. The van der Waals surface area contributed by atoms with Crippen molar-refractivity contribution in [2.45, 2.75) is 24.9 Å². The first kappa shape index (κ1) is 19.9. The maximum atomic E-state index is 12.4. The summed E-state index contributed by atoms with van der Waals surface area (Å²) >= 11 is 1.33. The van der Waals surface area contributed by atoms with Crippen LogP contribution in [0.3, 0.4) is 0 Å². The maximum Gasteiger partial charge on any atom is 0.191 e. The van der Waals surface area contributed by atoms with Crippen LogP contribution in [-0.4, -0.2) is 52.8 Å². The normalized spacial score (nSPS) is 18.5. The highest BCUT2D eigenvalue weighted by atomic mass is 32.2. The van der Waals surface area contributed by atoms with Gasteiger partial charge in [0.15, 0.2) is 20.8 Å². The molecule has 146 valence electrons. The molecule has 2 aromatic rings. The molecular weight excluding hydrogens is 386 g/mol. The van der Waals surface area contributed by atoms with Crippen LogP contribution in [0.4, 0.5) is 0 Å². The van der Waals surface area contributed by atoms with E-state index in [1.54, 1.807) is 24.3 Å². The van der Waals surface area contributed by atoms with E-state index in [4.69, 9.17) is 4.74 Å². The van der Waals surface area contributed by atoms with Crippen molar-refractivity contribution in [2.75, 3.05) is 23.9 Å². The quantitative estimate of drug-likeness (QED) is 0.487. The molecule has 1 atom stereocenters. The van der Waals surface area contributed by atoms with Gasteiger partial charge in [-0.25, -0.2) is 8.42 Å². The van der Waals surface area contributed by atoms with E-state index >= 15 is 0 Å². The summed E-state index contributed by atoms with van der Waals surface area (Å²) in [6.07, 6.45) is 1.27. The molecule has 0 amide bonds. The summed E-state index contributed by atoms with van der Waals surface area (Å²) < 4.78 is 30.4. The monoisotopic (exact) mass is 409 g/mol. The fourth-order valence-electron chi connectivity index (χ4n) is 3.06. The van der Waals surface area contributed by atoms with Gasteiger partial charge in [-0.05, 0) is 43.5 Å². The van der Waals surface area contributed by atoms with Crippen molar-refractivity contribution in [2.24, 2.45) is 13.0 Å². The number of thioether (sulfide) groups is 1. The predicted molar refractivity (Wildman–Crippen MR) is 104 cm³/mol. The van der Waals surface area contributed by atoms with Crippen LogP contribution in [0.5, 0.6) is 5.75 Å². The van der Waals surface area contributed by atoms with Gasteiger partial charge >= 0.3 is 0 Å². The molecule has 0 unspecified atom stereocenters. The number of carbonyl (C=O) groups is 1. The zero-order valence-corrected chi connectivity index (χ0v) is 17.1. The second kappa shape index (κ2) is 8.43. The van der Waals surface area contributed by atoms with Gasteiger partial charge in [-0.2, -0.15) is 0 Å². The minimum absolute atomic E-state index is 0.00878. The van der Waals surface area contributed by atoms with Gasteiger partial charge in [0.05, 0.1) is 23.9 Å². The van der Waals surface area contributed by atoms with E-state index in [1.807, 2.05) is 18.5 Å². The lowest BCUT2D eigenvalue weighted by Gasteiger charge is -2.07. The molecule has 0 bridgehead atoms. The van der Waals surface area contributed by atoms with Crippen LogP contribution in [0.25, 0.3) is 0 Å². The molecule has 3 rings (SSSR count). The number of ether oxygens (including phenoxy) is 1. The molecule has 0 radical (unpaired) electrons. The molecular formula is C18H23N3O4S2. The molecule has 9 heteroatoms. The minimum Gasteiger partial charge on any atom is -0.494 e. The number of sulfone groups is 1. The molecule has 0 spiro atoms. The van der Waals surface area contributed by atoms with Gasteiger partial charge in [-0.15, -0.1) is 10.2 Å². The molecule has 7 nitrogen and oxygen atoms in total. The van der Waals surface area contributed by atoms with E-state index in [0.29, 0.717) is 30.2 Å². The Kier molecular flexibility index (Phi) is 6.21. The van der Waals surface area contributed by atoms with E-state index in [1.165, 1.54) is 11.8 Å². The van der Waals surface area contributed by atoms with Crippen LogP contribution < -0.4 is 4.74 Å². The van der Waals surface area contributed by atoms with E-state index in [0.717, 1.165) is 11.6 Å². The largest absolute Gasteiger partial charge is 0.494 e. The van der Waals surface area contributed by atoms with Crippen LogP contribution in [0.15, 0.2) is 29.4 Å². The summed E-state index contributed by atoms with van der Waals surface area (Å²) in [6, 6.07) is 7.10. The Morgan fingerprint density at radius 3 is 2.67 bits per heavy atom. The van der Waals surface area contributed by atoms with E-state index in [9.17, 15) is 13.2 Å². The Morgan fingerprint density at radius 1 is 1.30 bits per heavy atom. The first-order valence-corrected chi connectivity index (χ1v) is 11.7. The molecule has 1 aromatic carbocycles. The Labute approximate surface area is 163 Å². The average Bonchev–Trinajstić information content (AvgIpc) is 3.16. The summed E-state index contributed by atoms with van der Waals surface area (Å²) in [4.78, 5) is 12.4. The summed E-state index contributed by atoms with van der Waals surface area (Å²) in [5.74, 6) is 2.35. The SMILES string of the molecule is CCOc1ccc(C(=O)CSc2nnc(C[C@@H]3CCS(=O)(=O)C3)n2C)cc1. The summed E-state index contributed by atoms with van der Waals surface area (Å²) in [5.41, 5.74) is 0.629. The number of Topliss-reactive ketones (excluding diaryl/α,β-unsaturated/α-hetero) is 1. The number of benzene rings is 1. The molecule has 1 aliphatic rings. The molecule has 1 saturated heterocycles. The third kappa shape index (κ3) is 5.10. The summed E-state index contributed by atoms with van der Waals surface area (Å²) in [5, 5.41) is 8.99. The second-order valence-electron chi connectivity index (χ2n) is 6.60. The highest BCUT2D eigenvalue weighted by Crippen LogP contribution is 2.24. The molecule has 1 fully saturated rings. The number of carbonyl (C=O) groups excluding carboxylic acids is 1. The van der Waals surface area contributed by atoms with Crippen LogP contribution in [0.2, 0.25) is 0 Å². The van der Waals surface area contributed by atoms with Crippen molar-refractivity contribution >= 4 is 27.4 Å². The molecule has 1 aliphatic heterocycles. The Bertz CT molecular complexity index is 907.